The lowest BCUT2D eigenvalue weighted by Gasteiger charge is -2.21. The van der Waals surface area contributed by atoms with E-state index in [1.807, 2.05) is 0 Å². The molecule has 10 heteroatoms. The Morgan fingerprint density at radius 1 is 1.50 bits per heavy atom. The van der Waals surface area contributed by atoms with Crippen molar-refractivity contribution < 1.29 is 28.0 Å². The van der Waals surface area contributed by atoms with E-state index in [0.29, 0.717) is 6.42 Å². The second kappa shape index (κ2) is 5.89. The van der Waals surface area contributed by atoms with Crippen LogP contribution in [0.2, 0.25) is 0 Å². The van der Waals surface area contributed by atoms with Crippen molar-refractivity contribution in [3.05, 3.63) is 28.3 Å². The first kappa shape index (κ1) is 16.2. The number of nitro benzene ring substituents is 1. The first-order valence-corrected chi connectivity index (χ1v) is 7.80. The Hall–Kier alpha value is -2.20. The molecule has 0 saturated carbocycles. The largest absolute Gasteiger partial charge is 0.495 e. The zero-order valence-electron chi connectivity index (χ0n) is 11.6. The molecule has 1 aliphatic heterocycles. The lowest BCUT2D eigenvalue weighted by molar-refractivity contribution is -0.385. The van der Waals surface area contributed by atoms with Crippen LogP contribution in [0.5, 0.6) is 5.75 Å². The average Bonchev–Trinajstić information content (AvgIpc) is 2.96. The Morgan fingerprint density at radius 3 is 2.73 bits per heavy atom. The van der Waals surface area contributed by atoms with E-state index in [4.69, 9.17) is 9.84 Å². The first-order valence-electron chi connectivity index (χ1n) is 6.36. The van der Waals surface area contributed by atoms with Gasteiger partial charge in [0.05, 0.1) is 12.0 Å². The monoisotopic (exact) mass is 330 g/mol. The predicted molar refractivity (Wildman–Crippen MR) is 74.2 cm³/mol. The maximum atomic E-state index is 12.7. The fourth-order valence-corrected chi connectivity index (χ4v) is 4.21. The number of ether oxygens (including phenoxy) is 1. The molecule has 1 aliphatic rings. The average molecular weight is 330 g/mol. The minimum absolute atomic E-state index is 0.0468. The van der Waals surface area contributed by atoms with Crippen LogP contribution in [0, 0.1) is 10.1 Å². The van der Waals surface area contributed by atoms with Crippen molar-refractivity contribution in [3.8, 4) is 5.75 Å². The number of methoxy groups -OCH3 is 1. The highest BCUT2D eigenvalue weighted by atomic mass is 32.2. The molecule has 0 aliphatic carbocycles. The Kier molecular flexibility index (Phi) is 4.33. The topological polar surface area (TPSA) is 127 Å². The van der Waals surface area contributed by atoms with E-state index < -0.39 is 37.5 Å². The van der Waals surface area contributed by atoms with Crippen LogP contribution in [0.3, 0.4) is 0 Å². The van der Waals surface area contributed by atoms with E-state index in [1.165, 1.54) is 13.2 Å². The van der Waals surface area contributed by atoms with Gasteiger partial charge in [-0.05, 0) is 18.9 Å². The van der Waals surface area contributed by atoms with Gasteiger partial charge in [-0.25, -0.2) is 8.42 Å². The highest BCUT2D eigenvalue weighted by molar-refractivity contribution is 7.89. The van der Waals surface area contributed by atoms with Gasteiger partial charge in [0.2, 0.25) is 10.0 Å². The molecule has 120 valence electrons. The lowest BCUT2D eigenvalue weighted by Crippen LogP contribution is -2.40. The van der Waals surface area contributed by atoms with E-state index in [1.54, 1.807) is 0 Å². The van der Waals surface area contributed by atoms with Crippen LogP contribution in [0.1, 0.15) is 12.8 Å². The van der Waals surface area contributed by atoms with Gasteiger partial charge in [0.15, 0.2) is 0 Å². The van der Waals surface area contributed by atoms with Crippen LogP contribution in [-0.2, 0) is 14.8 Å². The van der Waals surface area contributed by atoms with E-state index >= 15 is 0 Å². The molecule has 0 aromatic heterocycles. The number of carbonyl (C=O) groups is 1. The number of rotatable bonds is 5. The zero-order valence-corrected chi connectivity index (χ0v) is 12.4. The fraction of sp³-hybridized carbons (Fsp3) is 0.417. The Morgan fingerprint density at radius 2 is 2.18 bits per heavy atom. The smallest absolute Gasteiger partial charge is 0.322 e. The summed E-state index contributed by atoms with van der Waals surface area (Å²) in [4.78, 5) is 20.9. The molecule has 0 radical (unpaired) electrons. The molecule has 22 heavy (non-hydrogen) atoms. The third kappa shape index (κ3) is 2.74. The van der Waals surface area contributed by atoms with Crippen molar-refractivity contribution in [1.82, 2.24) is 4.31 Å². The van der Waals surface area contributed by atoms with Gasteiger partial charge >= 0.3 is 5.97 Å². The molecule has 1 saturated heterocycles. The molecule has 1 aromatic rings. The Labute approximate surface area is 126 Å². The van der Waals surface area contributed by atoms with Crippen LogP contribution < -0.4 is 4.74 Å². The van der Waals surface area contributed by atoms with Crippen LogP contribution >= 0.6 is 0 Å². The predicted octanol–water partition coefficient (Wildman–Crippen LogP) is 0.841. The molecule has 1 fully saturated rings. The molecule has 9 nitrogen and oxygen atoms in total. The van der Waals surface area contributed by atoms with Crippen LogP contribution in [0.15, 0.2) is 23.1 Å². The van der Waals surface area contributed by atoms with Crippen molar-refractivity contribution in [3.63, 3.8) is 0 Å². The fourth-order valence-electron chi connectivity index (χ4n) is 2.38. The Bertz CT molecular complexity index is 716. The minimum atomic E-state index is -4.21. The maximum Gasteiger partial charge on any atom is 0.322 e. The summed E-state index contributed by atoms with van der Waals surface area (Å²) < 4.78 is 31.1. The molecular weight excluding hydrogens is 316 g/mol. The van der Waals surface area contributed by atoms with Crippen molar-refractivity contribution >= 4 is 21.7 Å². The molecule has 1 aromatic carbocycles. The van der Waals surface area contributed by atoms with Crippen molar-refractivity contribution in [2.24, 2.45) is 0 Å². The number of aliphatic carboxylic acids is 1. The third-order valence-electron chi connectivity index (χ3n) is 3.43. The number of hydrogen-bond acceptors (Lipinski definition) is 6. The standard InChI is InChI=1S/C12H14N2O7S/c1-21-10-5-4-8(14(17)18)7-11(10)22(19,20)13-6-2-3-9(13)12(15)16/h4-5,7,9H,2-3,6H2,1H3,(H,15,16). The summed E-state index contributed by atoms with van der Waals surface area (Å²) in [7, 11) is -2.97. The molecular formula is C12H14N2O7S. The molecule has 0 spiro atoms. The molecule has 1 N–H and O–H groups in total. The Balaban J connectivity index is 2.55. The summed E-state index contributed by atoms with van der Waals surface area (Å²) in [5.74, 6) is -1.31. The van der Waals surface area contributed by atoms with Crippen LogP contribution in [0.25, 0.3) is 0 Å². The number of nitro groups is 1. The lowest BCUT2D eigenvalue weighted by atomic mass is 10.2. The van der Waals surface area contributed by atoms with Gasteiger partial charge < -0.3 is 9.84 Å². The molecule has 0 bridgehead atoms. The number of nitrogens with zero attached hydrogens (tertiary/aromatic N) is 2. The number of benzene rings is 1. The number of sulfonamides is 1. The van der Waals surface area contributed by atoms with Crippen molar-refractivity contribution in [2.75, 3.05) is 13.7 Å². The van der Waals surface area contributed by atoms with Gasteiger partial charge in [-0.2, -0.15) is 4.31 Å². The quantitative estimate of drug-likeness (QED) is 0.626. The van der Waals surface area contributed by atoms with Crippen LogP contribution in [0.4, 0.5) is 5.69 Å². The van der Waals surface area contributed by atoms with Gasteiger partial charge in [0.25, 0.3) is 5.69 Å². The summed E-state index contributed by atoms with van der Waals surface area (Å²) in [5.41, 5.74) is -0.412. The first-order chi connectivity index (χ1) is 10.3. The minimum Gasteiger partial charge on any atom is -0.495 e. The van der Waals surface area contributed by atoms with Crippen LogP contribution in [-0.4, -0.2) is 48.4 Å². The maximum absolute atomic E-state index is 12.7. The van der Waals surface area contributed by atoms with Gasteiger partial charge in [0.1, 0.15) is 16.7 Å². The van der Waals surface area contributed by atoms with E-state index in [2.05, 4.69) is 0 Å². The van der Waals surface area contributed by atoms with E-state index in [0.717, 1.165) is 16.4 Å². The molecule has 1 heterocycles. The highest BCUT2D eigenvalue weighted by Crippen LogP contribution is 2.33. The zero-order chi connectivity index (χ0) is 16.5. The van der Waals surface area contributed by atoms with Crippen molar-refractivity contribution in [2.45, 2.75) is 23.8 Å². The van der Waals surface area contributed by atoms with Gasteiger partial charge in [-0.15, -0.1) is 0 Å². The van der Waals surface area contributed by atoms with Gasteiger partial charge in [0, 0.05) is 18.7 Å². The second-order valence-corrected chi connectivity index (χ2v) is 6.56. The van der Waals surface area contributed by atoms with E-state index in [-0.39, 0.29) is 18.7 Å². The molecule has 2 rings (SSSR count). The summed E-state index contributed by atoms with van der Waals surface area (Å²) in [6, 6.07) is 2.01. The highest BCUT2D eigenvalue weighted by Gasteiger charge is 2.41. The summed E-state index contributed by atoms with van der Waals surface area (Å²) >= 11 is 0. The van der Waals surface area contributed by atoms with Crippen molar-refractivity contribution in [1.29, 1.82) is 0 Å². The summed E-state index contributed by atoms with van der Waals surface area (Å²) in [6.07, 6.45) is 0.610. The third-order valence-corrected chi connectivity index (χ3v) is 5.36. The summed E-state index contributed by atoms with van der Waals surface area (Å²) in [6.45, 7) is 0.0468. The summed E-state index contributed by atoms with van der Waals surface area (Å²) in [5, 5.41) is 20.0. The number of hydrogen-bond donors (Lipinski definition) is 1. The molecule has 1 atom stereocenters. The normalized spacial score (nSPS) is 19.0. The SMILES string of the molecule is COc1ccc([N+](=O)[O-])cc1S(=O)(=O)N1CCCC1C(=O)O. The molecule has 0 amide bonds. The van der Waals surface area contributed by atoms with E-state index in [9.17, 15) is 23.3 Å². The number of carboxylic acid groups (broad SMARTS) is 1. The number of carboxylic acids is 1. The number of non-ortho nitro benzene ring substituents is 1. The van der Waals surface area contributed by atoms with Gasteiger partial charge in [-0.3, -0.25) is 14.9 Å². The second-order valence-electron chi connectivity index (χ2n) is 4.70. The molecule has 1 unspecified atom stereocenters. The van der Waals surface area contributed by atoms with Gasteiger partial charge in [-0.1, -0.05) is 0 Å².